The standard InChI is InChI=1S/C18H23NO/c1-14(19-13-18(2)10-5-11-20-18)16-9-8-15-6-3-4-7-17(15)12-16/h3-4,6-9,12,14,19H,5,10-11,13H2,1-2H3. The van der Waals surface area contributed by atoms with E-state index in [9.17, 15) is 0 Å². The SMILES string of the molecule is CC(NCC1(C)CCCO1)c1ccc2ccccc2c1. The minimum atomic E-state index is 0.0190. The maximum atomic E-state index is 5.83. The molecule has 0 radical (unpaired) electrons. The van der Waals surface area contributed by atoms with Crippen LogP contribution in [0.5, 0.6) is 0 Å². The van der Waals surface area contributed by atoms with Gasteiger partial charge in [-0.05, 0) is 49.1 Å². The summed E-state index contributed by atoms with van der Waals surface area (Å²) in [5, 5.41) is 6.23. The molecule has 1 N–H and O–H groups in total. The molecular weight excluding hydrogens is 246 g/mol. The Morgan fingerprint density at radius 3 is 2.75 bits per heavy atom. The average Bonchev–Trinajstić information content (AvgIpc) is 2.91. The first-order valence-corrected chi connectivity index (χ1v) is 7.52. The van der Waals surface area contributed by atoms with Crippen LogP contribution in [-0.2, 0) is 4.74 Å². The van der Waals surface area contributed by atoms with Crippen LogP contribution < -0.4 is 5.32 Å². The van der Waals surface area contributed by atoms with Crippen molar-refractivity contribution in [2.75, 3.05) is 13.2 Å². The van der Waals surface area contributed by atoms with Gasteiger partial charge in [-0.2, -0.15) is 0 Å². The molecule has 1 saturated heterocycles. The fourth-order valence-electron chi connectivity index (χ4n) is 2.94. The minimum Gasteiger partial charge on any atom is -0.374 e. The summed E-state index contributed by atoms with van der Waals surface area (Å²) < 4.78 is 5.83. The number of rotatable bonds is 4. The third kappa shape index (κ3) is 2.87. The Morgan fingerprint density at radius 2 is 2.00 bits per heavy atom. The maximum absolute atomic E-state index is 5.83. The van der Waals surface area contributed by atoms with Gasteiger partial charge in [0.2, 0.25) is 0 Å². The second kappa shape index (κ2) is 5.55. The monoisotopic (exact) mass is 269 g/mol. The van der Waals surface area contributed by atoms with E-state index >= 15 is 0 Å². The number of hydrogen-bond donors (Lipinski definition) is 1. The van der Waals surface area contributed by atoms with Crippen LogP contribution in [0.2, 0.25) is 0 Å². The molecule has 0 saturated carbocycles. The highest BCUT2D eigenvalue weighted by Crippen LogP contribution is 2.26. The van der Waals surface area contributed by atoms with Crippen LogP contribution in [-0.4, -0.2) is 18.8 Å². The first-order valence-electron chi connectivity index (χ1n) is 7.52. The van der Waals surface area contributed by atoms with Crippen molar-refractivity contribution in [3.8, 4) is 0 Å². The normalized spacial score (nSPS) is 24.1. The van der Waals surface area contributed by atoms with Gasteiger partial charge < -0.3 is 10.1 Å². The second-order valence-corrected chi connectivity index (χ2v) is 6.11. The molecule has 2 unspecified atom stereocenters. The largest absolute Gasteiger partial charge is 0.374 e. The van der Waals surface area contributed by atoms with Gasteiger partial charge in [0.15, 0.2) is 0 Å². The van der Waals surface area contributed by atoms with Crippen molar-refractivity contribution in [2.24, 2.45) is 0 Å². The van der Waals surface area contributed by atoms with Gasteiger partial charge in [-0.3, -0.25) is 0 Å². The molecule has 2 nitrogen and oxygen atoms in total. The number of fused-ring (bicyclic) bond motifs is 1. The van der Waals surface area contributed by atoms with Crippen molar-refractivity contribution in [2.45, 2.75) is 38.3 Å². The van der Waals surface area contributed by atoms with Crippen LogP contribution in [0.15, 0.2) is 42.5 Å². The first kappa shape index (κ1) is 13.6. The second-order valence-electron chi connectivity index (χ2n) is 6.11. The predicted octanol–water partition coefficient (Wildman–Crippen LogP) is 4.06. The van der Waals surface area contributed by atoms with Gasteiger partial charge in [0.1, 0.15) is 0 Å². The molecule has 1 heterocycles. The lowest BCUT2D eigenvalue weighted by atomic mass is 10.00. The van der Waals surface area contributed by atoms with E-state index in [0.717, 1.165) is 19.6 Å². The van der Waals surface area contributed by atoms with E-state index in [1.807, 2.05) is 0 Å². The van der Waals surface area contributed by atoms with Crippen molar-refractivity contribution >= 4 is 10.8 Å². The Morgan fingerprint density at radius 1 is 1.20 bits per heavy atom. The minimum absolute atomic E-state index is 0.0190. The van der Waals surface area contributed by atoms with Crippen LogP contribution in [0.25, 0.3) is 10.8 Å². The molecule has 2 aromatic carbocycles. The fraction of sp³-hybridized carbons (Fsp3) is 0.444. The van der Waals surface area contributed by atoms with Crippen LogP contribution in [0, 0.1) is 0 Å². The third-order valence-electron chi connectivity index (χ3n) is 4.36. The lowest BCUT2D eigenvalue weighted by Crippen LogP contribution is -2.38. The average molecular weight is 269 g/mol. The van der Waals surface area contributed by atoms with Crippen LogP contribution >= 0.6 is 0 Å². The summed E-state index contributed by atoms with van der Waals surface area (Å²) in [6.07, 6.45) is 2.34. The van der Waals surface area contributed by atoms with Gasteiger partial charge in [-0.1, -0.05) is 36.4 Å². The smallest absolute Gasteiger partial charge is 0.0779 e. The summed E-state index contributed by atoms with van der Waals surface area (Å²) in [6.45, 7) is 6.26. The van der Waals surface area contributed by atoms with E-state index in [1.165, 1.54) is 22.8 Å². The van der Waals surface area contributed by atoms with E-state index in [2.05, 4.69) is 61.6 Å². The molecular formula is C18H23NO. The van der Waals surface area contributed by atoms with E-state index in [-0.39, 0.29) is 5.60 Å². The van der Waals surface area contributed by atoms with Crippen molar-refractivity contribution < 1.29 is 4.74 Å². The Hall–Kier alpha value is -1.38. The molecule has 2 atom stereocenters. The van der Waals surface area contributed by atoms with E-state index < -0.39 is 0 Å². The highest BCUT2D eigenvalue weighted by atomic mass is 16.5. The zero-order chi connectivity index (χ0) is 14.0. The third-order valence-corrected chi connectivity index (χ3v) is 4.36. The quantitative estimate of drug-likeness (QED) is 0.903. The first-order chi connectivity index (χ1) is 9.66. The molecule has 0 aromatic heterocycles. The van der Waals surface area contributed by atoms with E-state index in [4.69, 9.17) is 4.74 Å². The van der Waals surface area contributed by atoms with Crippen molar-refractivity contribution in [1.82, 2.24) is 5.32 Å². The van der Waals surface area contributed by atoms with Crippen molar-refractivity contribution in [3.05, 3.63) is 48.0 Å². The molecule has 0 amide bonds. The Balaban J connectivity index is 1.70. The highest BCUT2D eigenvalue weighted by Gasteiger charge is 2.29. The summed E-state index contributed by atoms with van der Waals surface area (Å²) in [5.41, 5.74) is 1.36. The molecule has 0 aliphatic carbocycles. The lowest BCUT2D eigenvalue weighted by molar-refractivity contribution is 0.0191. The van der Waals surface area contributed by atoms with Gasteiger partial charge in [-0.25, -0.2) is 0 Å². The molecule has 1 aliphatic rings. The molecule has 1 aliphatic heterocycles. The van der Waals surface area contributed by atoms with Gasteiger partial charge in [0, 0.05) is 19.2 Å². The molecule has 0 bridgehead atoms. The number of ether oxygens (including phenoxy) is 1. The zero-order valence-electron chi connectivity index (χ0n) is 12.4. The number of nitrogens with one attached hydrogen (secondary N) is 1. The van der Waals surface area contributed by atoms with Gasteiger partial charge in [0.25, 0.3) is 0 Å². The van der Waals surface area contributed by atoms with Gasteiger partial charge in [-0.15, -0.1) is 0 Å². The highest BCUT2D eigenvalue weighted by molar-refractivity contribution is 5.83. The summed E-state index contributed by atoms with van der Waals surface area (Å²) in [4.78, 5) is 0. The molecule has 2 aromatic rings. The van der Waals surface area contributed by atoms with Crippen LogP contribution in [0.1, 0.15) is 38.3 Å². The number of benzene rings is 2. The molecule has 3 rings (SSSR count). The lowest BCUT2D eigenvalue weighted by Gasteiger charge is -2.26. The molecule has 2 heteroatoms. The Labute approximate surface area is 121 Å². The Kier molecular flexibility index (Phi) is 3.77. The Bertz CT molecular complexity index is 587. The zero-order valence-corrected chi connectivity index (χ0v) is 12.4. The fourth-order valence-corrected chi connectivity index (χ4v) is 2.94. The van der Waals surface area contributed by atoms with Gasteiger partial charge in [0.05, 0.1) is 5.60 Å². The number of hydrogen-bond acceptors (Lipinski definition) is 2. The summed E-state index contributed by atoms with van der Waals surface area (Å²) in [6, 6.07) is 15.6. The summed E-state index contributed by atoms with van der Waals surface area (Å²) in [7, 11) is 0. The van der Waals surface area contributed by atoms with Crippen molar-refractivity contribution in [1.29, 1.82) is 0 Å². The van der Waals surface area contributed by atoms with Gasteiger partial charge >= 0.3 is 0 Å². The van der Waals surface area contributed by atoms with Crippen LogP contribution in [0.4, 0.5) is 0 Å². The summed E-state index contributed by atoms with van der Waals surface area (Å²) >= 11 is 0. The van der Waals surface area contributed by atoms with E-state index in [0.29, 0.717) is 6.04 Å². The summed E-state index contributed by atoms with van der Waals surface area (Å²) in [5.74, 6) is 0. The molecule has 0 spiro atoms. The van der Waals surface area contributed by atoms with Crippen LogP contribution in [0.3, 0.4) is 0 Å². The molecule has 106 valence electrons. The van der Waals surface area contributed by atoms with Crippen molar-refractivity contribution in [3.63, 3.8) is 0 Å². The molecule has 20 heavy (non-hydrogen) atoms. The van der Waals surface area contributed by atoms with E-state index in [1.54, 1.807) is 0 Å². The predicted molar refractivity (Wildman–Crippen MR) is 84.0 cm³/mol. The molecule has 1 fully saturated rings. The topological polar surface area (TPSA) is 21.3 Å². The maximum Gasteiger partial charge on any atom is 0.0779 e.